The first-order chi connectivity index (χ1) is 11.6. The van der Waals surface area contributed by atoms with Crippen LogP contribution in [0.5, 0.6) is 11.5 Å². The first kappa shape index (κ1) is 18.1. The van der Waals surface area contributed by atoms with Crippen molar-refractivity contribution in [2.24, 2.45) is 0 Å². The van der Waals surface area contributed by atoms with Gasteiger partial charge in [0.15, 0.2) is 0 Å². The van der Waals surface area contributed by atoms with E-state index in [9.17, 15) is 5.11 Å². The Morgan fingerprint density at radius 1 is 1.12 bits per heavy atom. The van der Waals surface area contributed by atoms with Gasteiger partial charge < -0.3 is 20.9 Å². The molecule has 2 rings (SSSR count). The number of phenolic OH excluding ortho intramolecular Hbond substituents is 1. The smallest absolute Gasteiger partial charge is 0.142 e. The number of aromatic hydroxyl groups is 1. The van der Waals surface area contributed by atoms with Crippen molar-refractivity contribution in [2.45, 2.75) is 39.2 Å². The zero-order valence-corrected chi connectivity index (χ0v) is 14.6. The molecule has 4 nitrogen and oxygen atoms in total. The Morgan fingerprint density at radius 2 is 1.83 bits per heavy atom. The second kappa shape index (κ2) is 9.18. The monoisotopic (exact) mass is 328 g/mol. The van der Waals surface area contributed by atoms with E-state index >= 15 is 0 Å². The van der Waals surface area contributed by atoms with Crippen LogP contribution in [0.1, 0.15) is 31.4 Å². The van der Waals surface area contributed by atoms with Gasteiger partial charge in [-0.15, -0.1) is 0 Å². The van der Waals surface area contributed by atoms with E-state index in [-0.39, 0.29) is 0 Å². The highest BCUT2D eigenvalue weighted by atomic mass is 16.5. The van der Waals surface area contributed by atoms with Crippen molar-refractivity contribution in [3.63, 3.8) is 0 Å². The predicted octanol–water partition coefficient (Wildman–Crippen LogP) is 3.53. The molecule has 130 valence electrons. The Kier molecular flexibility index (Phi) is 6.94. The van der Waals surface area contributed by atoms with Gasteiger partial charge in [0.05, 0.1) is 12.3 Å². The fraction of sp³-hybridized carbons (Fsp3) is 0.400. The molecule has 4 heteroatoms. The third-order valence-electron chi connectivity index (χ3n) is 3.92. The largest absolute Gasteiger partial charge is 0.508 e. The molecule has 24 heavy (non-hydrogen) atoms. The van der Waals surface area contributed by atoms with E-state index < -0.39 is 0 Å². The summed E-state index contributed by atoms with van der Waals surface area (Å²) in [5, 5.41) is 12.8. The molecule has 0 aliphatic carbocycles. The molecular formula is C20H28N2O2. The lowest BCUT2D eigenvalue weighted by Crippen LogP contribution is -2.30. The van der Waals surface area contributed by atoms with E-state index in [2.05, 4.69) is 25.2 Å². The number of nitrogens with two attached hydrogens (primary N) is 1. The van der Waals surface area contributed by atoms with Crippen LogP contribution >= 0.6 is 0 Å². The van der Waals surface area contributed by atoms with Crippen LogP contribution in [0.2, 0.25) is 0 Å². The van der Waals surface area contributed by atoms with Gasteiger partial charge in [0.25, 0.3) is 0 Å². The molecule has 1 atom stereocenters. The van der Waals surface area contributed by atoms with E-state index in [1.807, 2.05) is 24.3 Å². The summed E-state index contributed by atoms with van der Waals surface area (Å²) >= 11 is 0. The second-order valence-electron chi connectivity index (χ2n) is 6.20. The van der Waals surface area contributed by atoms with E-state index in [1.54, 1.807) is 12.1 Å². The Morgan fingerprint density at radius 3 is 2.50 bits per heavy atom. The number of phenols is 1. The van der Waals surface area contributed by atoms with Crippen molar-refractivity contribution in [3.05, 3.63) is 53.6 Å². The van der Waals surface area contributed by atoms with Crippen molar-refractivity contribution in [1.29, 1.82) is 0 Å². The highest BCUT2D eigenvalue weighted by Crippen LogP contribution is 2.23. The number of anilines is 1. The third kappa shape index (κ3) is 5.78. The number of nitrogens with one attached hydrogen (secondary N) is 1. The SMILES string of the molecule is CCCOc1ccc(CC(C)NCCc2ccc(O)cc2)cc1N. The molecule has 0 bridgehead atoms. The van der Waals surface area contributed by atoms with Crippen LogP contribution in [0.25, 0.3) is 0 Å². The summed E-state index contributed by atoms with van der Waals surface area (Å²) in [6.07, 6.45) is 2.84. The van der Waals surface area contributed by atoms with Gasteiger partial charge in [-0.3, -0.25) is 0 Å². The zero-order chi connectivity index (χ0) is 17.4. The number of ether oxygens (including phenoxy) is 1. The van der Waals surface area contributed by atoms with Crippen molar-refractivity contribution in [1.82, 2.24) is 5.32 Å². The lowest BCUT2D eigenvalue weighted by atomic mass is 10.1. The maximum Gasteiger partial charge on any atom is 0.142 e. The van der Waals surface area contributed by atoms with Crippen molar-refractivity contribution in [3.8, 4) is 11.5 Å². The van der Waals surface area contributed by atoms with Gasteiger partial charge in [-0.2, -0.15) is 0 Å². The van der Waals surface area contributed by atoms with Gasteiger partial charge in [0.1, 0.15) is 11.5 Å². The van der Waals surface area contributed by atoms with Crippen molar-refractivity contribution in [2.75, 3.05) is 18.9 Å². The van der Waals surface area contributed by atoms with Crippen LogP contribution in [0.15, 0.2) is 42.5 Å². The summed E-state index contributed by atoms with van der Waals surface area (Å²) in [5.74, 6) is 1.08. The normalized spacial score (nSPS) is 12.1. The van der Waals surface area contributed by atoms with Crippen molar-refractivity contribution >= 4 is 5.69 Å². The van der Waals surface area contributed by atoms with Gasteiger partial charge in [-0.1, -0.05) is 25.1 Å². The highest BCUT2D eigenvalue weighted by molar-refractivity contribution is 5.54. The molecule has 0 saturated heterocycles. The van der Waals surface area contributed by atoms with E-state index in [0.29, 0.717) is 24.1 Å². The van der Waals surface area contributed by atoms with E-state index in [4.69, 9.17) is 10.5 Å². The molecule has 4 N–H and O–H groups in total. The standard InChI is InChI=1S/C20H28N2O2/c1-3-12-24-20-9-6-17(14-19(20)21)13-15(2)22-11-10-16-4-7-18(23)8-5-16/h4-9,14-15,22-23H,3,10-13,21H2,1-2H3. The molecule has 2 aromatic rings. The highest BCUT2D eigenvalue weighted by Gasteiger charge is 2.06. The number of rotatable bonds is 9. The third-order valence-corrected chi connectivity index (χ3v) is 3.92. The van der Waals surface area contributed by atoms with Gasteiger partial charge in [0, 0.05) is 6.04 Å². The zero-order valence-electron chi connectivity index (χ0n) is 14.6. The fourth-order valence-corrected chi connectivity index (χ4v) is 2.62. The summed E-state index contributed by atoms with van der Waals surface area (Å²) in [6, 6.07) is 13.8. The number of hydrogen-bond acceptors (Lipinski definition) is 4. The number of hydrogen-bond donors (Lipinski definition) is 3. The van der Waals surface area contributed by atoms with Gasteiger partial charge in [-0.05, 0) is 68.1 Å². The van der Waals surface area contributed by atoms with Gasteiger partial charge in [0.2, 0.25) is 0 Å². The Hall–Kier alpha value is -2.20. The molecule has 0 saturated carbocycles. The van der Waals surface area contributed by atoms with Gasteiger partial charge >= 0.3 is 0 Å². The molecule has 0 aromatic heterocycles. The van der Waals surface area contributed by atoms with Crippen LogP contribution in [-0.2, 0) is 12.8 Å². The fourth-order valence-electron chi connectivity index (χ4n) is 2.62. The van der Waals surface area contributed by atoms with Crippen LogP contribution in [0.3, 0.4) is 0 Å². The van der Waals surface area contributed by atoms with Crippen molar-refractivity contribution < 1.29 is 9.84 Å². The first-order valence-electron chi connectivity index (χ1n) is 8.61. The summed E-state index contributed by atoms with van der Waals surface area (Å²) in [7, 11) is 0. The minimum atomic E-state index is 0.309. The number of nitrogen functional groups attached to an aromatic ring is 1. The Balaban J connectivity index is 1.78. The van der Waals surface area contributed by atoms with Crippen LogP contribution in [0.4, 0.5) is 5.69 Å². The average Bonchev–Trinajstić information content (AvgIpc) is 2.56. The lowest BCUT2D eigenvalue weighted by molar-refractivity contribution is 0.319. The molecule has 2 aromatic carbocycles. The molecule has 0 radical (unpaired) electrons. The molecule has 0 aliphatic heterocycles. The summed E-state index contributed by atoms with van der Waals surface area (Å²) < 4.78 is 5.61. The van der Waals surface area contributed by atoms with Crippen LogP contribution in [0, 0.1) is 0 Å². The maximum atomic E-state index is 9.29. The summed E-state index contributed by atoms with van der Waals surface area (Å²) in [6.45, 7) is 5.85. The summed E-state index contributed by atoms with van der Waals surface area (Å²) in [5.41, 5.74) is 9.19. The minimum Gasteiger partial charge on any atom is -0.508 e. The topological polar surface area (TPSA) is 67.5 Å². The minimum absolute atomic E-state index is 0.309. The van der Waals surface area contributed by atoms with E-state index in [1.165, 1.54) is 11.1 Å². The molecule has 0 spiro atoms. The maximum absolute atomic E-state index is 9.29. The van der Waals surface area contributed by atoms with Crippen LogP contribution < -0.4 is 15.8 Å². The lowest BCUT2D eigenvalue weighted by Gasteiger charge is -2.15. The molecule has 1 unspecified atom stereocenters. The number of benzene rings is 2. The average molecular weight is 328 g/mol. The summed E-state index contributed by atoms with van der Waals surface area (Å²) in [4.78, 5) is 0. The molecular weight excluding hydrogens is 300 g/mol. The van der Waals surface area contributed by atoms with Crippen LogP contribution in [-0.4, -0.2) is 24.3 Å². The van der Waals surface area contributed by atoms with E-state index in [0.717, 1.165) is 31.6 Å². The second-order valence-corrected chi connectivity index (χ2v) is 6.20. The quantitative estimate of drug-likeness (QED) is 0.616. The predicted molar refractivity (Wildman–Crippen MR) is 99.6 cm³/mol. The Labute approximate surface area is 144 Å². The molecule has 0 amide bonds. The molecule has 0 heterocycles. The molecule has 0 aliphatic rings. The first-order valence-corrected chi connectivity index (χ1v) is 8.61. The molecule has 0 fully saturated rings. The van der Waals surface area contributed by atoms with Gasteiger partial charge in [-0.25, -0.2) is 0 Å². The Bertz CT molecular complexity index is 626.